The normalized spacial score (nSPS) is 22.8. The highest BCUT2D eigenvalue weighted by Gasteiger charge is 2.41. The molecule has 2 atom stereocenters. The van der Waals surface area contributed by atoms with Crippen LogP contribution >= 0.6 is 0 Å². The number of hydrogen-bond acceptors (Lipinski definition) is 7. The van der Waals surface area contributed by atoms with Crippen LogP contribution in [0.4, 0.5) is 11.6 Å². The lowest BCUT2D eigenvalue weighted by Gasteiger charge is -2.23. The van der Waals surface area contributed by atoms with Gasteiger partial charge in [-0.2, -0.15) is 5.10 Å². The van der Waals surface area contributed by atoms with Crippen LogP contribution in [0, 0.1) is 18.8 Å². The Morgan fingerprint density at radius 2 is 1.64 bits per heavy atom. The minimum atomic E-state index is 0.636. The lowest BCUT2D eigenvalue weighted by atomic mass is 10.0. The summed E-state index contributed by atoms with van der Waals surface area (Å²) in [4.78, 5) is 22.2. The minimum Gasteiger partial charge on any atom is -0.356 e. The van der Waals surface area contributed by atoms with E-state index in [0.717, 1.165) is 54.5 Å². The summed E-state index contributed by atoms with van der Waals surface area (Å²) in [5.41, 5.74) is 1.78. The summed E-state index contributed by atoms with van der Waals surface area (Å²) in [6.45, 7) is 6.13. The minimum absolute atomic E-state index is 0.636. The molecule has 0 amide bonds. The van der Waals surface area contributed by atoms with E-state index in [9.17, 15) is 0 Å². The summed E-state index contributed by atoms with van der Waals surface area (Å²) < 4.78 is 1.80. The smallest absolute Gasteiger partial charge is 0.186 e. The molecule has 5 rings (SSSR count). The van der Waals surface area contributed by atoms with Crippen molar-refractivity contribution in [1.29, 1.82) is 0 Å². The molecule has 2 fully saturated rings. The largest absolute Gasteiger partial charge is 0.356 e. The number of hydrogen-bond donors (Lipinski definition) is 0. The molecule has 8 heteroatoms. The Kier molecular flexibility index (Phi) is 3.13. The molecule has 2 saturated heterocycles. The van der Waals surface area contributed by atoms with Crippen molar-refractivity contribution in [3.8, 4) is 0 Å². The molecule has 8 nitrogen and oxygen atoms in total. The van der Waals surface area contributed by atoms with Crippen molar-refractivity contribution in [2.24, 2.45) is 18.9 Å². The van der Waals surface area contributed by atoms with Gasteiger partial charge in [0.15, 0.2) is 5.65 Å². The van der Waals surface area contributed by atoms with Gasteiger partial charge in [-0.15, -0.1) is 0 Å². The number of nitrogens with zero attached hydrogens (tertiary/aromatic N) is 8. The topological polar surface area (TPSA) is 75.9 Å². The predicted molar refractivity (Wildman–Crippen MR) is 94.5 cm³/mol. The molecule has 0 spiro atoms. The molecule has 25 heavy (non-hydrogen) atoms. The quantitative estimate of drug-likeness (QED) is 0.692. The molecule has 3 aromatic rings. The van der Waals surface area contributed by atoms with E-state index < -0.39 is 0 Å². The van der Waals surface area contributed by atoms with E-state index in [2.05, 4.69) is 40.9 Å². The van der Waals surface area contributed by atoms with Gasteiger partial charge in [-0.05, 0) is 6.92 Å². The zero-order chi connectivity index (χ0) is 17.0. The zero-order valence-electron chi connectivity index (χ0n) is 14.4. The monoisotopic (exact) mass is 336 g/mol. The van der Waals surface area contributed by atoms with Gasteiger partial charge in [0.2, 0.25) is 0 Å². The Balaban J connectivity index is 1.37. The van der Waals surface area contributed by atoms with E-state index in [1.165, 1.54) is 0 Å². The second kappa shape index (κ2) is 5.37. The highest BCUT2D eigenvalue weighted by Crippen LogP contribution is 2.36. The van der Waals surface area contributed by atoms with Crippen LogP contribution in [0.2, 0.25) is 0 Å². The fraction of sp³-hybridized carbons (Fsp3) is 0.471. The van der Waals surface area contributed by atoms with Gasteiger partial charge in [-0.3, -0.25) is 4.68 Å². The van der Waals surface area contributed by atoms with E-state index in [4.69, 9.17) is 0 Å². The van der Waals surface area contributed by atoms with Crippen molar-refractivity contribution < 1.29 is 0 Å². The third-order valence-electron chi connectivity index (χ3n) is 5.31. The van der Waals surface area contributed by atoms with E-state index >= 15 is 0 Å². The van der Waals surface area contributed by atoms with Crippen LogP contribution < -0.4 is 9.80 Å². The van der Waals surface area contributed by atoms with Crippen LogP contribution in [0.3, 0.4) is 0 Å². The van der Waals surface area contributed by atoms with E-state index in [-0.39, 0.29) is 0 Å². The van der Waals surface area contributed by atoms with E-state index in [0.29, 0.717) is 11.8 Å². The van der Waals surface area contributed by atoms with Crippen LogP contribution in [0.1, 0.15) is 5.69 Å². The summed E-state index contributed by atoms with van der Waals surface area (Å²) >= 11 is 0. The molecule has 2 unspecified atom stereocenters. The summed E-state index contributed by atoms with van der Waals surface area (Å²) in [6.07, 6.45) is 5.29. The number of anilines is 2. The van der Waals surface area contributed by atoms with Gasteiger partial charge < -0.3 is 9.80 Å². The number of aryl methyl sites for hydroxylation is 2. The van der Waals surface area contributed by atoms with Crippen LogP contribution in [0.25, 0.3) is 11.0 Å². The number of aromatic nitrogens is 6. The molecule has 0 N–H and O–H groups in total. The lowest BCUT2D eigenvalue weighted by molar-refractivity contribution is 0.533. The maximum Gasteiger partial charge on any atom is 0.186 e. The van der Waals surface area contributed by atoms with Gasteiger partial charge in [0, 0.05) is 63.0 Å². The average Bonchev–Trinajstić information content (AvgIpc) is 3.25. The van der Waals surface area contributed by atoms with Crippen molar-refractivity contribution in [3.05, 3.63) is 30.6 Å². The Labute approximate surface area is 145 Å². The summed E-state index contributed by atoms with van der Waals surface area (Å²) in [7, 11) is 1.92. The number of rotatable bonds is 2. The molecular weight excluding hydrogens is 316 g/mol. The Hall–Kier alpha value is -2.77. The maximum atomic E-state index is 4.55. The first-order valence-electron chi connectivity index (χ1n) is 8.60. The summed E-state index contributed by atoms with van der Waals surface area (Å²) in [5, 5.41) is 5.43. The molecule has 0 aliphatic carbocycles. The average molecular weight is 336 g/mol. The molecule has 2 aliphatic rings. The third-order valence-corrected chi connectivity index (χ3v) is 5.31. The van der Waals surface area contributed by atoms with Crippen molar-refractivity contribution in [2.75, 3.05) is 36.0 Å². The Morgan fingerprint density at radius 1 is 0.920 bits per heavy atom. The maximum absolute atomic E-state index is 4.55. The molecule has 0 saturated carbocycles. The van der Waals surface area contributed by atoms with Gasteiger partial charge in [-0.1, -0.05) is 0 Å². The molecule has 0 aromatic carbocycles. The van der Waals surface area contributed by atoms with Crippen LogP contribution in [0.5, 0.6) is 0 Å². The highest BCUT2D eigenvalue weighted by atomic mass is 15.3. The van der Waals surface area contributed by atoms with Crippen molar-refractivity contribution >= 4 is 22.7 Å². The third kappa shape index (κ3) is 2.40. The van der Waals surface area contributed by atoms with Gasteiger partial charge in [-0.25, -0.2) is 19.9 Å². The first-order chi connectivity index (χ1) is 12.2. The molecular formula is C17H20N8. The van der Waals surface area contributed by atoms with Gasteiger partial charge >= 0.3 is 0 Å². The van der Waals surface area contributed by atoms with E-state index in [1.807, 2.05) is 20.2 Å². The fourth-order valence-corrected chi connectivity index (χ4v) is 4.16. The van der Waals surface area contributed by atoms with Gasteiger partial charge in [0.05, 0.1) is 5.39 Å². The molecule has 128 valence electrons. The standard InChI is InChI=1S/C17H20N8/c1-11-3-15(19-9-18-11)24-4-12-6-25(7-13(12)5-24)17-14-8-23(2)22-16(14)20-10-21-17/h3,8-10,12-13H,4-7H2,1-2H3. The first-order valence-corrected chi connectivity index (χ1v) is 8.60. The van der Waals surface area contributed by atoms with Crippen molar-refractivity contribution in [3.63, 3.8) is 0 Å². The SMILES string of the molecule is Cc1cc(N2CC3CN(c4ncnc5nn(C)cc45)CC3C2)ncn1. The Bertz CT molecular complexity index is 921. The highest BCUT2D eigenvalue weighted by molar-refractivity contribution is 5.86. The second-order valence-corrected chi connectivity index (χ2v) is 7.09. The van der Waals surface area contributed by atoms with E-state index in [1.54, 1.807) is 17.3 Å². The first kappa shape index (κ1) is 14.6. The summed E-state index contributed by atoms with van der Waals surface area (Å²) in [5.74, 6) is 3.33. The number of fused-ring (bicyclic) bond motifs is 2. The zero-order valence-corrected chi connectivity index (χ0v) is 14.4. The van der Waals surface area contributed by atoms with Gasteiger partial charge in [0.1, 0.15) is 24.3 Å². The molecule has 0 bridgehead atoms. The van der Waals surface area contributed by atoms with Crippen LogP contribution in [-0.2, 0) is 7.05 Å². The Morgan fingerprint density at radius 3 is 2.40 bits per heavy atom. The van der Waals surface area contributed by atoms with Crippen molar-refractivity contribution in [2.45, 2.75) is 6.92 Å². The van der Waals surface area contributed by atoms with Crippen LogP contribution in [0.15, 0.2) is 24.9 Å². The molecule has 2 aliphatic heterocycles. The second-order valence-electron chi connectivity index (χ2n) is 7.09. The molecule has 3 aromatic heterocycles. The molecule has 0 radical (unpaired) electrons. The van der Waals surface area contributed by atoms with Crippen molar-refractivity contribution in [1.82, 2.24) is 29.7 Å². The summed E-state index contributed by atoms with van der Waals surface area (Å²) in [6, 6.07) is 2.07. The lowest BCUT2D eigenvalue weighted by Crippen LogP contribution is -2.29. The molecule has 5 heterocycles. The van der Waals surface area contributed by atoms with Crippen LogP contribution in [-0.4, -0.2) is 55.9 Å². The van der Waals surface area contributed by atoms with Gasteiger partial charge in [0.25, 0.3) is 0 Å². The fourth-order valence-electron chi connectivity index (χ4n) is 4.16. The predicted octanol–water partition coefficient (Wildman–Crippen LogP) is 1.03.